The predicted molar refractivity (Wildman–Crippen MR) is 146 cm³/mol. The van der Waals surface area contributed by atoms with Gasteiger partial charge in [-0.05, 0) is 50.5 Å². The van der Waals surface area contributed by atoms with Crippen molar-refractivity contribution in [3.8, 4) is 0 Å². The van der Waals surface area contributed by atoms with Crippen LogP contribution in [0.15, 0.2) is 78.0 Å². The zero-order chi connectivity index (χ0) is 26.7. The van der Waals surface area contributed by atoms with Crippen LogP contribution in [0.4, 0.5) is 10.7 Å². The van der Waals surface area contributed by atoms with E-state index in [0.29, 0.717) is 36.6 Å². The number of likely N-dealkylation sites (tertiary alicyclic amines) is 1. The minimum absolute atomic E-state index is 0.0207. The summed E-state index contributed by atoms with van der Waals surface area (Å²) in [6.07, 6.45) is 4.50. The number of carbonyl (C=O) groups excluding carboxylic acids is 1. The van der Waals surface area contributed by atoms with Crippen molar-refractivity contribution in [2.24, 2.45) is 0 Å². The molecule has 0 spiro atoms. The number of aryl methyl sites for hydroxylation is 1. The number of ether oxygens (including phenoxy) is 1. The van der Waals surface area contributed by atoms with Gasteiger partial charge in [-0.25, -0.2) is 22.2 Å². The van der Waals surface area contributed by atoms with Gasteiger partial charge in [0.25, 0.3) is 10.0 Å². The number of anilines is 1. The molecule has 5 rings (SSSR count). The maximum Gasteiger partial charge on any atom is 0.410 e. The summed E-state index contributed by atoms with van der Waals surface area (Å²) >= 11 is 0. The lowest BCUT2D eigenvalue weighted by Gasteiger charge is -2.38. The van der Waals surface area contributed by atoms with Gasteiger partial charge in [0.1, 0.15) is 6.61 Å². The van der Waals surface area contributed by atoms with Crippen LogP contribution >= 0.6 is 0 Å². The van der Waals surface area contributed by atoms with Crippen molar-refractivity contribution >= 4 is 33.1 Å². The molecule has 1 saturated heterocycles. The zero-order valence-corrected chi connectivity index (χ0v) is 22.3. The van der Waals surface area contributed by atoms with Crippen molar-refractivity contribution < 1.29 is 17.9 Å². The quantitative estimate of drug-likeness (QED) is 0.342. The van der Waals surface area contributed by atoms with Crippen LogP contribution in [-0.2, 0) is 21.4 Å². The normalized spacial score (nSPS) is 15.9. The summed E-state index contributed by atoms with van der Waals surface area (Å²) in [7, 11) is -3.82. The smallest absolute Gasteiger partial charge is 0.410 e. The highest BCUT2D eigenvalue weighted by molar-refractivity contribution is 7.90. The van der Waals surface area contributed by atoms with Gasteiger partial charge in [-0.15, -0.1) is 0 Å². The molecule has 9 nitrogen and oxygen atoms in total. The summed E-state index contributed by atoms with van der Waals surface area (Å²) in [6, 6.07) is 18.0. The standard InChI is InChI=1S/C28H31N5O4S/c1-3-32(24-10-7-16-31(19-24)28(34)37-20-22-8-5-4-6-9-22)27-29-18-23-15-17-33(26(23)30-27)38(35,36)25-13-11-21(2)12-14-25/h4-6,8-9,11-15,17-18,24H,3,7,10,16,19-20H2,1-2H3. The summed E-state index contributed by atoms with van der Waals surface area (Å²) in [5.74, 6) is 0.434. The average Bonchev–Trinajstić information content (AvgIpc) is 3.37. The van der Waals surface area contributed by atoms with E-state index in [1.54, 1.807) is 41.4 Å². The van der Waals surface area contributed by atoms with Crippen molar-refractivity contribution in [1.29, 1.82) is 0 Å². The largest absolute Gasteiger partial charge is 0.445 e. The Balaban J connectivity index is 1.36. The lowest BCUT2D eigenvalue weighted by atomic mass is 10.0. The van der Waals surface area contributed by atoms with Gasteiger partial charge in [-0.1, -0.05) is 48.0 Å². The van der Waals surface area contributed by atoms with Crippen LogP contribution in [0.2, 0.25) is 0 Å². The van der Waals surface area contributed by atoms with Crippen molar-refractivity contribution in [2.45, 2.75) is 44.2 Å². The molecule has 0 N–H and O–H groups in total. The number of hydrogen-bond acceptors (Lipinski definition) is 7. The van der Waals surface area contributed by atoms with Crippen molar-refractivity contribution in [2.75, 3.05) is 24.5 Å². The van der Waals surface area contributed by atoms with Crippen LogP contribution < -0.4 is 4.90 Å². The maximum atomic E-state index is 13.4. The van der Waals surface area contributed by atoms with Crippen LogP contribution in [0.1, 0.15) is 30.9 Å². The fraction of sp³-hybridized carbons (Fsp3) is 0.321. The molecular weight excluding hydrogens is 502 g/mol. The minimum atomic E-state index is -3.82. The summed E-state index contributed by atoms with van der Waals surface area (Å²) in [4.78, 5) is 26.0. The topological polar surface area (TPSA) is 97.6 Å². The molecule has 3 heterocycles. The van der Waals surface area contributed by atoms with Crippen LogP contribution in [-0.4, -0.2) is 59.0 Å². The maximum absolute atomic E-state index is 13.4. The van der Waals surface area contributed by atoms with Crippen LogP contribution in [0, 0.1) is 6.92 Å². The average molecular weight is 534 g/mol. The molecule has 1 aliphatic heterocycles. The van der Waals surface area contributed by atoms with E-state index in [4.69, 9.17) is 9.72 Å². The Morgan fingerprint density at radius 3 is 2.61 bits per heavy atom. The molecule has 38 heavy (non-hydrogen) atoms. The highest BCUT2D eigenvalue weighted by Crippen LogP contribution is 2.25. The Morgan fingerprint density at radius 1 is 1.11 bits per heavy atom. The number of carbonyl (C=O) groups is 1. The molecule has 0 aliphatic carbocycles. The molecule has 10 heteroatoms. The van der Waals surface area contributed by atoms with Gasteiger partial charge < -0.3 is 14.5 Å². The third-order valence-electron chi connectivity index (χ3n) is 6.86. The van der Waals surface area contributed by atoms with E-state index in [1.807, 2.05) is 49.1 Å². The minimum Gasteiger partial charge on any atom is -0.445 e. The van der Waals surface area contributed by atoms with Crippen LogP contribution in [0.25, 0.3) is 11.0 Å². The van der Waals surface area contributed by atoms with E-state index < -0.39 is 10.0 Å². The third kappa shape index (κ3) is 5.22. The van der Waals surface area contributed by atoms with Crippen LogP contribution in [0.5, 0.6) is 0 Å². The van der Waals surface area contributed by atoms with E-state index in [-0.39, 0.29) is 23.6 Å². The summed E-state index contributed by atoms with van der Waals surface area (Å²) in [5.41, 5.74) is 2.24. The van der Waals surface area contributed by atoms with Gasteiger partial charge in [0, 0.05) is 43.5 Å². The van der Waals surface area contributed by atoms with Gasteiger partial charge in [0.2, 0.25) is 5.95 Å². The van der Waals surface area contributed by atoms with Crippen LogP contribution in [0.3, 0.4) is 0 Å². The molecule has 1 atom stereocenters. The monoisotopic (exact) mass is 533 g/mol. The SMILES string of the molecule is CCN(c1ncc2ccn(S(=O)(=O)c3ccc(C)cc3)c2n1)C1CCCN(C(=O)OCc2ccccc2)C1. The number of aromatic nitrogens is 3. The van der Waals surface area contributed by atoms with Crippen molar-refractivity contribution in [3.63, 3.8) is 0 Å². The molecule has 0 saturated carbocycles. The fourth-order valence-electron chi connectivity index (χ4n) is 4.79. The Kier molecular flexibility index (Phi) is 7.33. The number of nitrogens with zero attached hydrogens (tertiary/aromatic N) is 5. The van der Waals surface area contributed by atoms with E-state index in [2.05, 4.69) is 4.98 Å². The third-order valence-corrected chi connectivity index (χ3v) is 8.54. The molecule has 2 aromatic carbocycles. The first-order valence-corrected chi connectivity index (χ1v) is 14.2. The molecule has 198 valence electrons. The van der Waals surface area contributed by atoms with Gasteiger partial charge >= 0.3 is 6.09 Å². The lowest BCUT2D eigenvalue weighted by Crippen LogP contribution is -2.50. The highest BCUT2D eigenvalue weighted by Gasteiger charge is 2.30. The molecule has 0 bridgehead atoms. The van der Waals surface area contributed by atoms with Gasteiger partial charge in [-0.3, -0.25) is 0 Å². The molecule has 1 aliphatic rings. The first-order valence-electron chi connectivity index (χ1n) is 12.8. The van der Waals surface area contributed by atoms with Gasteiger partial charge in [0.15, 0.2) is 5.65 Å². The van der Waals surface area contributed by atoms with Gasteiger partial charge in [0.05, 0.1) is 4.90 Å². The predicted octanol–water partition coefficient (Wildman–Crippen LogP) is 4.60. The lowest BCUT2D eigenvalue weighted by molar-refractivity contribution is 0.0855. The first kappa shape index (κ1) is 25.7. The summed E-state index contributed by atoms with van der Waals surface area (Å²) < 4.78 is 33.5. The van der Waals surface area contributed by atoms with Crippen molar-refractivity contribution in [1.82, 2.24) is 18.8 Å². The van der Waals surface area contributed by atoms with E-state index in [9.17, 15) is 13.2 Å². The second-order valence-corrected chi connectivity index (χ2v) is 11.3. The first-order chi connectivity index (χ1) is 18.4. The van der Waals surface area contributed by atoms with Crippen molar-refractivity contribution in [3.05, 3.63) is 84.2 Å². The fourth-order valence-corrected chi connectivity index (χ4v) is 6.09. The number of hydrogen-bond donors (Lipinski definition) is 0. The molecule has 1 fully saturated rings. The molecule has 0 radical (unpaired) electrons. The summed E-state index contributed by atoms with van der Waals surface area (Å²) in [6.45, 7) is 5.85. The Hall–Kier alpha value is -3.92. The number of benzene rings is 2. The second-order valence-electron chi connectivity index (χ2n) is 9.45. The number of rotatable bonds is 7. The number of piperidine rings is 1. The number of likely N-dealkylation sites (N-methyl/N-ethyl adjacent to an activating group) is 1. The Bertz CT molecular complexity index is 1520. The second kappa shape index (κ2) is 10.8. The van der Waals surface area contributed by atoms with E-state index in [0.717, 1.165) is 24.0 Å². The number of fused-ring (bicyclic) bond motifs is 1. The molecule has 1 amide bonds. The summed E-state index contributed by atoms with van der Waals surface area (Å²) in [5, 5.41) is 0.634. The molecule has 4 aromatic rings. The number of amides is 1. The Morgan fingerprint density at radius 2 is 1.87 bits per heavy atom. The molecule has 2 aromatic heterocycles. The van der Waals surface area contributed by atoms with E-state index in [1.165, 1.54) is 10.2 Å². The zero-order valence-electron chi connectivity index (χ0n) is 21.5. The Labute approximate surface area is 222 Å². The highest BCUT2D eigenvalue weighted by atomic mass is 32.2. The molecule has 1 unspecified atom stereocenters. The molecular formula is C28H31N5O4S. The van der Waals surface area contributed by atoms with Gasteiger partial charge in [-0.2, -0.15) is 4.98 Å². The van der Waals surface area contributed by atoms with E-state index >= 15 is 0 Å².